The van der Waals surface area contributed by atoms with E-state index in [2.05, 4.69) is 19.9 Å². The van der Waals surface area contributed by atoms with E-state index in [1.807, 2.05) is 6.92 Å². The minimum absolute atomic E-state index is 0.0316. The Morgan fingerprint density at radius 3 is 2.62 bits per heavy atom. The van der Waals surface area contributed by atoms with Gasteiger partial charge >= 0.3 is 5.97 Å². The minimum Gasteiger partial charge on any atom is -0.458 e. The van der Waals surface area contributed by atoms with E-state index >= 15 is 0 Å². The quantitative estimate of drug-likeness (QED) is 0.731. The number of ether oxygens (including phenoxy) is 1. The van der Waals surface area contributed by atoms with Crippen LogP contribution in [0, 0.1) is 40.4 Å². The van der Waals surface area contributed by atoms with E-state index in [0.29, 0.717) is 24.2 Å². The predicted molar refractivity (Wildman–Crippen MR) is 108 cm³/mol. The summed E-state index contributed by atoms with van der Waals surface area (Å²) in [5.41, 5.74) is -1.92. The van der Waals surface area contributed by atoms with Crippen molar-refractivity contribution in [2.45, 2.75) is 71.8 Å². The highest BCUT2D eigenvalue weighted by Crippen LogP contribution is 2.68. The lowest BCUT2D eigenvalue weighted by Gasteiger charge is -2.59. The van der Waals surface area contributed by atoms with Gasteiger partial charge in [0.15, 0.2) is 12.4 Å². The van der Waals surface area contributed by atoms with Crippen molar-refractivity contribution < 1.29 is 24.2 Å². The Kier molecular flexibility index (Phi) is 4.84. The largest absolute Gasteiger partial charge is 0.458 e. The van der Waals surface area contributed by atoms with Gasteiger partial charge in [0, 0.05) is 18.8 Å². The Labute approximate surface area is 173 Å². The SMILES string of the molecule is CC(=O)OCC(=O)[C@@]1(O)[C@H](C)C[C@H]2[C@@H]3CC[C@H]4CC(=O)C=C[C@]4(C)[C@H]3CC[C@@]21C. The Balaban J connectivity index is 1.64. The van der Waals surface area contributed by atoms with Crippen molar-refractivity contribution in [2.24, 2.45) is 40.4 Å². The van der Waals surface area contributed by atoms with Gasteiger partial charge in [-0.15, -0.1) is 0 Å². The smallest absolute Gasteiger partial charge is 0.303 e. The molecule has 0 aromatic carbocycles. The van der Waals surface area contributed by atoms with Crippen LogP contribution in [0.5, 0.6) is 0 Å². The third kappa shape index (κ3) is 2.79. The van der Waals surface area contributed by atoms with Crippen LogP contribution in [0.1, 0.15) is 66.2 Å². The number of allylic oxidation sites excluding steroid dienone is 2. The molecular weight excluding hydrogens is 368 g/mol. The molecule has 0 heterocycles. The highest BCUT2D eigenvalue weighted by molar-refractivity contribution is 5.91. The van der Waals surface area contributed by atoms with Crippen LogP contribution >= 0.6 is 0 Å². The number of hydrogen-bond donors (Lipinski definition) is 1. The van der Waals surface area contributed by atoms with E-state index < -0.39 is 17.0 Å². The number of carbonyl (C=O) groups is 3. The summed E-state index contributed by atoms with van der Waals surface area (Å²) < 4.78 is 4.97. The zero-order chi connectivity index (χ0) is 21.2. The van der Waals surface area contributed by atoms with Gasteiger partial charge in [0.25, 0.3) is 0 Å². The molecule has 0 saturated heterocycles. The number of esters is 1. The van der Waals surface area contributed by atoms with E-state index in [1.165, 1.54) is 6.92 Å². The molecular formula is C24H34O5. The Hall–Kier alpha value is -1.49. The van der Waals surface area contributed by atoms with Gasteiger partial charge in [-0.3, -0.25) is 14.4 Å². The Morgan fingerprint density at radius 1 is 1.21 bits per heavy atom. The molecule has 0 aliphatic heterocycles. The molecule has 0 bridgehead atoms. The van der Waals surface area contributed by atoms with Gasteiger partial charge in [-0.1, -0.05) is 26.8 Å². The van der Waals surface area contributed by atoms with Gasteiger partial charge in [0.05, 0.1) is 0 Å². The van der Waals surface area contributed by atoms with Crippen LogP contribution in [0.2, 0.25) is 0 Å². The number of Topliss-reactive ketones (excluding diaryl/α,β-unsaturated/α-hetero) is 1. The predicted octanol–water partition coefficient (Wildman–Crippen LogP) is 3.48. The molecule has 0 amide bonds. The third-order valence-corrected chi connectivity index (χ3v) is 9.45. The molecule has 8 atom stereocenters. The van der Waals surface area contributed by atoms with Crippen molar-refractivity contribution in [3.05, 3.63) is 12.2 Å². The number of hydrogen-bond acceptors (Lipinski definition) is 5. The number of fused-ring (bicyclic) bond motifs is 5. The number of ketones is 2. The van der Waals surface area contributed by atoms with E-state index in [4.69, 9.17) is 4.74 Å². The van der Waals surface area contributed by atoms with Crippen molar-refractivity contribution in [1.82, 2.24) is 0 Å². The lowest BCUT2D eigenvalue weighted by atomic mass is 9.45. The molecule has 3 saturated carbocycles. The van der Waals surface area contributed by atoms with E-state index in [0.717, 1.165) is 32.1 Å². The maximum Gasteiger partial charge on any atom is 0.303 e. The molecule has 0 radical (unpaired) electrons. The summed E-state index contributed by atoms with van der Waals surface area (Å²) in [6.07, 6.45) is 9.27. The lowest BCUT2D eigenvalue weighted by Crippen LogP contribution is -2.60. The number of rotatable bonds is 3. The summed E-state index contributed by atoms with van der Waals surface area (Å²) in [6, 6.07) is 0. The molecule has 3 fully saturated rings. The summed E-state index contributed by atoms with van der Waals surface area (Å²) in [7, 11) is 0. The van der Waals surface area contributed by atoms with Gasteiger partial charge in [-0.25, -0.2) is 0 Å². The standard InChI is InChI=1S/C24H34O5/c1-14-11-20-18-6-5-16-12-17(26)7-9-22(16,3)19(18)8-10-23(20,4)24(14,28)21(27)13-29-15(2)25/h7,9,14,16,18-20,28H,5-6,8,10-13H2,1-4H3/t14-,16+,18-,19+,20+,22+,23+,24+/m1/s1. The molecule has 29 heavy (non-hydrogen) atoms. The monoisotopic (exact) mass is 402 g/mol. The average Bonchev–Trinajstić information content (AvgIpc) is 2.88. The van der Waals surface area contributed by atoms with Crippen LogP contribution in [-0.2, 0) is 19.1 Å². The summed E-state index contributed by atoms with van der Waals surface area (Å²) in [4.78, 5) is 36.2. The molecule has 4 aliphatic carbocycles. The van der Waals surface area contributed by atoms with Crippen LogP contribution in [0.4, 0.5) is 0 Å². The first-order valence-electron chi connectivity index (χ1n) is 11.1. The molecule has 5 nitrogen and oxygen atoms in total. The average molecular weight is 403 g/mol. The topological polar surface area (TPSA) is 80.7 Å². The maximum absolute atomic E-state index is 13.1. The summed E-state index contributed by atoms with van der Waals surface area (Å²) in [5.74, 6) is 0.849. The molecule has 4 rings (SSSR count). The lowest BCUT2D eigenvalue weighted by molar-refractivity contribution is -0.176. The fourth-order valence-electron chi connectivity index (χ4n) is 7.85. The fourth-order valence-corrected chi connectivity index (χ4v) is 7.85. The normalized spacial score (nSPS) is 48.4. The second-order valence-electron chi connectivity index (χ2n) is 10.6. The third-order valence-electron chi connectivity index (χ3n) is 9.45. The molecule has 5 heteroatoms. The van der Waals surface area contributed by atoms with E-state index in [-0.39, 0.29) is 35.4 Å². The molecule has 1 N–H and O–H groups in total. The van der Waals surface area contributed by atoms with Gasteiger partial charge < -0.3 is 9.84 Å². The van der Waals surface area contributed by atoms with Gasteiger partial charge in [0.2, 0.25) is 5.78 Å². The number of carbonyl (C=O) groups excluding carboxylic acids is 3. The van der Waals surface area contributed by atoms with Crippen molar-refractivity contribution >= 4 is 17.5 Å². The van der Waals surface area contributed by atoms with Gasteiger partial charge in [-0.2, -0.15) is 0 Å². The number of aliphatic hydroxyl groups is 1. The maximum atomic E-state index is 13.1. The summed E-state index contributed by atoms with van der Waals surface area (Å²) in [6.45, 7) is 7.30. The first kappa shape index (κ1) is 20.8. The van der Waals surface area contributed by atoms with Crippen molar-refractivity contribution in [2.75, 3.05) is 6.61 Å². The van der Waals surface area contributed by atoms with Crippen molar-refractivity contribution in [3.63, 3.8) is 0 Å². The zero-order valence-corrected chi connectivity index (χ0v) is 18.1. The second-order valence-corrected chi connectivity index (χ2v) is 10.6. The van der Waals surface area contributed by atoms with E-state index in [1.54, 1.807) is 6.08 Å². The molecule has 0 spiro atoms. The highest BCUT2D eigenvalue weighted by atomic mass is 16.5. The molecule has 0 aromatic rings. The van der Waals surface area contributed by atoms with Gasteiger partial charge in [0.1, 0.15) is 5.60 Å². The Bertz CT molecular complexity index is 771. The van der Waals surface area contributed by atoms with Crippen LogP contribution in [0.3, 0.4) is 0 Å². The van der Waals surface area contributed by atoms with Crippen LogP contribution < -0.4 is 0 Å². The molecule has 0 unspecified atom stereocenters. The van der Waals surface area contributed by atoms with E-state index in [9.17, 15) is 19.5 Å². The first-order chi connectivity index (χ1) is 13.5. The molecule has 4 aliphatic rings. The van der Waals surface area contributed by atoms with Crippen LogP contribution in [-0.4, -0.2) is 34.9 Å². The van der Waals surface area contributed by atoms with Crippen molar-refractivity contribution in [3.8, 4) is 0 Å². The molecule has 160 valence electrons. The van der Waals surface area contributed by atoms with Gasteiger partial charge in [-0.05, 0) is 73.2 Å². The second kappa shape index (κ2) is 6.76. The Morgan fingerprint density at radius 2 is 1.93 bits per heavy atom. The van der Waals surface area contributed by atoms with Crippen LogP contribution in [0.15, 0.2) is 12.2 Å². The van der Waals surface area contributed by atoms with Crippen molar-refractivity contribution in [1.29, 1.82) is 0 Å². The highest BCUT2D eigenvalue weighted by Gasteiger charge is 2.69. The minimum atomic E-state index is -1.45. The van der Waals surface area contributed by atoms with Crippen LogP contribution in [0.25, 0.3) is 0 Å². The molecule has 0 aromatic heterocycles. The summed E-state index contributed by atoms with van der Waals surface area (Å²) in [5, 5.41) is 11.7. The zero-order valence-electron chi connectivity index (χ0n) is 18.1. The summed E-state index contributed by atoms with van der Waals surface area (Å²) >= 11 is 0. The first-order valence-corrected chi connectivity index (χ1v) is 11.1. The fraction of sp³-hybridized carbons (Fsp3) is 0.792.